The molecule has 0 radical (unpaired) electrons. The fourth-order valence-electron chi connectivity index (χ4n) is 0.321. The van der Waals surface area contributed by atoms with Crippen molar-refractivity contribution in [2.45, 2.75) is 0 Å². The summed E-state index contributed by atoms with van der Waals surface area (Å²) in [5.74, 6) is 0. The van der Waals surface area contributed by atoms with E-state index in [0.29, 0.717) is 0 Å². The number of hydrogen-bond donors (Lipinski definition) is 0. The van der Waals surface area contributed by atoms with Crippen LogP contribution < -0.4 is 0 Å². The van der Waals surface area contributed by atoms with Gasteiger partial charge in [-0.1, -0.05) is 0 Å². The van der Waals surface area contributed by atoms with Crippen molar-refractivity contribution in [2.24, 2.45) is 0 Å². The van der Waals surface area contributed by atoms with Crippen molar-refractivity contribution in [1.29, 1.82) is 0 Å². The van der Waals surface area contributed by atoms with Crippen LogP contribution in [0.25, 0.3) is 0 Å². The largest absolute Gasteiger partial charge is 2.00 e. The first-order valence-electron chi connectivity index (χ1n) is 1.67. The molecule has 0 N–H and O–H groups in total. The van der Waals surface area contributed by atoms with E-state index < -0.39 is 0 Å². The van der Waals surface area contributed by atoms with Crippen LogP contribution in [0.3, 0.4) is 0 Å². The number of hydrogen-bond acceptors (Lipinski definition) is 0. The maximum atomic E-state index is 2.00. The van der Waals surface area contributed by atoms with Crippen LogP contribution in [0.1, 0.15) is 0 Å². The minimum Gasteiger partial charge on any atom is -0.358 e. The second kappa shape index (κ2) is 5.88. The minimum absolute atomic E-state index is 0. The van der Waals surface area contributed by atoms with Crippen molar-refractivity contribution in [3.63, 3.8) is 0 Å². The summed E-state index contributed by atoms with van der Waals surface area (Å²) in [5.41, 5.74) is 0. The zero-order chi connectivity index (χ0) is 3.54. The van der Waals surface area contributed by atoms with Crippen LogP contribution in [-0.4, -0.2) is 0 Å². The smallest absolute Gasteiger partial charge is 0.358 e. The molecule has 0 atom stereocenters. The second-order valence-corrected chi connectivity index (χ2v) is 0.962. The van der Waals surface area contributed by atoms with Crippen LogP contribution in [0.4, 0.5) is 0 Å². The molecule has 0 aromatic heterocycles. The fraction of sp³-hybridized carbons (Fsp3) is 0. The van der Waals surface area contributed by atoms with E-state index in [1.54, 1.807) is 0 Å². The van der Waals surface area contributed by atoms with Crippen LogP contribution in [-0.2, 0) is 17.4 Å². The van der Waals surface area contributed by atoms with Gasteiger partial charge in [-0.15, -0.1) is 0 Å². The van der Waals surface area contributed by atoms with Crippen molar-refractivity contribution >= 4 is 0 Å². The molecule has 0 aliphatic carbocycles. The van der Waals surface area contributed by atoms with E-state index in [1.807, 2.05) is 30.3 Å². The Morgan fingerprint density at radius 3 is 1.57 bits per heavy atom. The fourth-order valence-corrected chi connectivity index (χ4v) is 0.321. The summed E-state index contributed by atoms with van der Waals surface area (Å²) in [6, 6.07) is 10.0. The van der Waals surface area contributed by atoms with Crippen molar-refractivity contribution in [1.82, 2.24) is 0 Å². The molecule has 1 aromatic carbocycles. The van der Waals surface area contributed by atoms with E-state index in [0.717, 1.165) is 0 Å². The zero-order valence-electron chi connectivity index (χ0n) is 4.29. The molecule has 0 heterocycles. The van der Waals surface area contributed by atoms with Crippen molar-refractivity contribution in [2.75, 3.05) is 0 Å². The molecule has 0 unspecified atom stereocenters. The molecule has 38 valence electrons. The SMILES string of the molecule is [CH3-].[Cr+2].c1cc[cH-]c1. The molecular formula is C6H8Cr. The summed E-state index contributed by atoms with van der Waals surface area (Å²) in [6.45, 7) is 0. The molecule has 0 amide bonds. The van der Waals surface area contributed by atoms with Gasteiger partial charge in [0.25, 0.3) is 0 Å². The van der Waals surface area contributed by atoms with Crippen molar-refractivity contribution in [3.8, 4) is 0 Å². The third-order valence-corrected chi connectivity index (χ3v) is 0.556. The first kappa shape index (κ1) is 9.99. The van der Waals surface area contributed by atoms with Gasteiger partial charge in [0.15, 0.2) is 0 Å². The Kier molecular flexibility index (Phi) is 8.40. The summed E-state index contributed by atoms with van der Waals surface area (Å²) in [6.07, 6.45) is 0. The van der Waals surface area contributed by atoms with Gasteiger partial charge >= 0.3 is 17.4 Å². The monoisotopic (exact) mass is 132 g/mol. The quantitative estimate of drug-likeness (QED) is 0.472. The van der Waals surface area contributed by atoms with E-state index in [2.05, 4.69) is 0 Å². The molecule has 0 aliphatic rings. The molecule has 0 spiro atoms. The summed E-state index contributed by atoms with van der Waals surface area (Å²) < 4.78 is 0. The van der Waals surface area contributed by atoms with Crippen LogP contribution in [0.2, 0.25) is 0 Å². The first-order valence-corrected chi connectivity index (χ1v) is 1.67. The Labute approximate surface area is 55.7 Å². The standard InChI is InChI=1S/C5H5.CH3.Cr/c1-2-4-5-3-1;;/h1-5H;1H3;/q2*-1;+2. The van der Waals surface area contributed by atoms with Gasteiger partial charge < -0.3 is 7.43 Å². The predicted molar refractivity (Wildman–Crippen MR) is 28.4 cm³/mol. The average molecular weight is 132 g/mol. The summed E-state index contributed by atoms with van der Waals surface area (Å²) in [5, 5.41) is 0. The van der Waals surface area contributed by atoms with E-state index in [-0.39, 0.29) is 24.8 Å². The van der Waals surface area contributed by atoms with Gasteiger partial charge in [-0.25, -0.2) is 12.1 Å². The molecular weight excluding hydrogens is 124 g/mol. The topological polar surface area (TPSA) is 0 Å². The van der Waals surface area contributed by atoms with Gasteiger partial charge in [-0.3, -0.25) is 0 Å². The second-order valence-electron chi connectivity index (χ2n) is 0.962. The maximum Gasteiger partial charge on any atom is 2.00 e. The molecule has 0 nitrogen and oxygen atoms in total. The molecule has 0 saturated carbocycles. The van der Waals surface area contributed by atoms with E-state index in [1.165, 1.54) is 0 Å². The Hall–Kier alpha value is -0.118. The Morgan fingerprint density at radius 1 is 1.00 bits per heavy atom. The normalized spacial score (nSPS) is 5.71. The van der Waals surface area contributed by atoms with Gasteiger partial charge in [0.05, 0.1) is 0 Å². The van der Waals surface area contributed by atoms with Gasteiger partial charge in [0.2, 0.25) is 0 Å². The molecule has 7 heavy (non-hydrogen) atoms. The number of rotatable bonds is 0. The van der Waals surface area contributed by atoms with Crippen LogP contribution in [0.5, 0.6) is 0 Å². The Bertz CT molecular complexity index is 60.7. The molecule has 0 aliphatic heterocycles. The van der Waals surface area contributed by atoms with E-state index >= 15 is 0 Å². The van der Waals surface area contributed by atoms with Crippen molar-refractivity contribution < 1.29 is 17.4 Å². The van der Waals surface area contributed by atoms with Crippen LogP contribution in [0.15, 0.2) is 30.3 Å². The summed E-state index contributed by atoms with van der Waals surface area (Å²) in [7, 11) is 0. The van der Waals surface area contributed by atoms with Gasteiger partial charge in [-0.2, -0.15) is 18.2 Å². The molecule has 1 aromatic rings. The summed E-state index contributed by atoms with van der Waals surface area (Å²) >= 11 is 0. The molecule has 0 fully saturated rings. The van der Waals surface area contributed by atoms with E-state index in [4.69, 9.17) is 0 Å². The Balaban J connectivity index is 0. The molecule has 1 rings (SSSR count). The maximum absolute atomic E-state index is 2.00. The van der Waals surface area contributed by atoms with Crippen LogP contribution in [0, 0.1) is 7.43 Å². The molecule has 0 bridgehead atoms. The Morgan fingerprint density at radius 2 is 1.43 bits per heavy atom. The molecule has 0 saturated heterocycles. The first-order chi connectivity index (χ1) is 2.50. The van der Waals surface area contributed by atoms with Crippen LogP contribution >= 0.6 is 0 Å². The minimum atomic E-state index is 0. The third kappa shape index (κ3) is 3.72. The predicted octanol–water partition coefficient (Wildman–Crippen LogP) is 1.85. The summed E-state index contributed by atoms with van der Waals surface area (Å²) in [4.78, 5) is 0. The van der Waals surface area contributed by atoms with Gasteiger partial charge in [0, 0.05) is 0 Å². The van der Waals surface area contributed by atoms with Crippen molar-refractivity contribution in [3.05, 3.63) is 37.8 Å². The van der Waals surface area contributed by atoms with E-state index in [9.17, 15) is 0 Å². The zero-order valence-corrected chi connectivity index (χ0v) is 5.57. The molecule has 1 heteroatoms. The third-order valence-electron chi connectivity index (χ3n) is 0.556. The average Bonchev–Trinajstić information content (AvgIpc) is 1.76. The van der Waals surface area contributed by atoms with Gasteiger partial charge in [-0.05, 0) is 0 Å². The van der Waals surface area contributed by atoms with Gasteiger partial charge in [0.1, 0.15) is 0 Å².